The van der Waals surface area contributed by atoms with E-state index in [1.165, 1.54) is 16.7 Å². The first-order valence-electron chi connectivity index (χ1n) is 3.94. The minimum atomic E-state index is 0.553. The van der Waals surface area contributed by atoms with Crippen molar-refractivity contribution in [1.82, 2.24) is 0 Å². The van der Waals surface area contributed by atoms with Gasteiger partial charge in [0.25, 0.3) is 0 Å². The molecule has 3 aliphatic rings. The fraction of sp³-hybridized carbons (Fsp3) is 0.0909. The van der Waals surface area contributed by atoms with E-state index < -0.39 is 0 Å². The van der Waals surface area contributed by atoms with E-state index in [1.54, 1.807) is 0 Å². The molecule has 3 aliphatic carbocycles. The summed E-state index contributed by atoms with van der Waals surface area (Å²) in [5.41, 5.74) is 4.36. The molecule has 0 radical (unpaired) electrons. The van der Waals surface area contributed by atoms with Crippen LogP contribution in [-0.4, -0.2) is 0 Å². The Morgan fingerprint density at radius 3 is 2.73 bits per heavy atom. The van der Waals surface area contributed by atoms with Crippen molar-refractivity contribution in [3.05, 3.63) is 59.3 Å². The first kappa shape index (κ1) is 5.36. The molecule has 0 amide bonds. The van der Waals surface area contributed by atoms with Gasteiger partial charge < -0.3 is 0 Å². The maximum absolute atomic E-state index is 2.25. The second kappa shape index (κ2) is 1.65. The summed E-state index contributed by atoms with van der Waals surface area (Å²) in [5.74, 6) is 0.553. The minimum absolute atomic E-state index is 0.553. The Morgan fingerprint density at radius 1 is 1.00 bits per heavy atom. The zero-order valence-electron chi connectivity index (χ0n) is 6.12. The van der Waals surface area contributed by atoms with Crippen LogP contribution in [0.3, 0.4) is 0 Å². The summed E-state index contributed by atoms with van der Waals surface area (Å²) in [7, 11) is 0. The largest absolute Gasteiger partial charge is 0.0732 e. The Balaban J connectivity index is 2.14. The van der Waals surface area contributed by atoms with E-state index in [-0.39, 0.29) is 0 Å². The molecule has 0 nitrogen and oxygen atoms in total. The van der Waals surface area contributed by atoms with E-state index in [9.17, 15) is 0 Å². The summed E-state index contributed by atoms with van der Waals surface area (Å²) in [6.45, 7) is 0. The molecule has 0 saturated heterocycles. The van der Waals surface area contributed by atoms with Crippen LogP contribution in [0.25, 0.3) is 0 Å². The van der Waals surface area contributed by atoms with Crippen LogP contribution in [0.2, 0.25) is 0 Å². The topological polar surface area (TPSA) is 0 Å². The number of rotatable bonds is 0. The van der Waals surface area contributed by atoms with Gasteiger partial charge >= 0.3 is 0 Å². The van der Waals surface area contributed by atoms with Crippen LogP contribution in [0.4, 0.5) is 0 Å². The molecule has 0 spiro atoms. The molecule has 3 rings (SSSR count). The monoisotopic (exact) mass is 140 g/mol. The third-order valence-electron chi connectivity index (χ3n) is 2.39. The third kappa shape index (κ3) is 0.640. The van der Waals surface area contributed by atoms with E-state index in [4.69, 9.17) is 0 Å². The zero-order valence-corrected chi connectivity index (χ0v) is 6.12. The van der Waals surface area contributed by atoms with E-state index >= 15 is 0 Å². The smallest absolute Gasteiger partial charge is 0.0211 e. The molecule has 0 aromatic carbocycles. The minimum Gasteiger partial charge on any atom is -0.0732 e. The Hall–Kier alpha value is -1.30. The van der Waals surface area contributed by atoms with Crippen LogP contribution in [0.1, 0.15) is 0 Å². The molecular weight excluding hydrogens is 132 g/mol. The maximum Gasteiger partial charge on any atom is 0.0211 e. The fourth-order valence-corrected chi connectivity index (χ4v) is 1.72. The highest BCUT2D eigenvalue weighted by Gasteiger charge is 2.26. The van der Waals surface area contributed by atoms with Gasteiger partial charge in [0.1, 0.15) is 0 Å². The maximum atomic E-state index is 2.25. The lowest BCUT2D eigenvalue weighted by Gasteiger charge is -2.02. The molecule has 1 atom stereocenters. The normalized spacial score (nSPS) is 29.8. The van der Waals surface area contributed by atoms with Crippen LogP contribution in [0.5, 0.6) is 0 Å². The van der Waals surface area contributed by atoms with Gasteiger partial charge in [-0.3, -0.25) is 0 Å². The molecule has 0 heteroatoms. The van der Waals surface area contributed by atoms with Crippen LogP contribution >= 0.6 is 0 Å². The van der Waals surface area contributed by atoms with Gasteiger partial charge in [-0.05, 0) is 22.8 Å². The van der Waals surface area contributed by atoms with E-state index in [1.807, 2.05) is 0 Å². The Bertz CT molecular complexity index is 359. The molecule has 11 heavy (non-hydrogen) atoms. The van der Waals surface area contributed by atoms with E-state index in [0.717, 1.165) is 0 Å². The van der Waals surface area contributed by atoms with Gasteiger partial charge in [0.15, 0.2) is 0 Å². The number of allylic oxidation sites excluding steroid dienone is 10. The van der Waals surface area contributed by atoms with Gasteiger partial charge in [-0.15, -0.1) is 0 Å². The van der Waals surface area contributed by atoms with Gasteiger partial charge in [-0.1, -0.05) is 36.5 Å². The average Bonchev–Trinajstić information content (AvgIpc) is 2.65. The first-order valence-corrected chi connectivity index (χ1v) is 3.94. The Morgan fingerprint density at radius 2 is 1.82 bits per heavy atom. The van der Waals surface area contributed by atoms with Gasteiger partial charge in [0.05, 0.1) is 0 Å². The highest BCUT2D eigenvalue weighted by Crippen LogP contribution is 2.42. The standard InChI is InChI=1S/C11H8/c1-3-8-4-2-6-10(8)11-7-9(11)5-1/h1-8H. The second-order valence-corrected chi connectivity index (χ2v) is 3.10. The van der Waals surface area contributed by atoms with Crippen LogP contribution in [-0.2, 0) is 0 Å². The lowest BCUT2D eigenvalue weighted by atomic mass is 10.0. The fourth-order valence-electron chi connectivity index (χ4n) is 1.72. The van der Waals surface area contributed by atoms with Crippen molar-refractivity contribution in [2.24, 2.45) is 5.92 Å². The predicted octanol–water partition coefficient (Wildman–Crippen LogP) is 2.54. The summed E-state index contributed by atoms with van der Waals surface area (Å²) >= 11 is 0. The summed E-state index contributed by atoms with van der Waals surface area (Å²) in [5, 5.41) is 0. The van der Waals surface area contributed by atoms with Gasteiger partial charge in [-0.2, -0.15) is 0 Å². The first-order chi connectivity index (χ1) is 5.45. The summed E-state index contributed by atoms with van der Waals surface area (Å²) < 4.78 is 0. The SMILES string of the molecule is C1=CC2C=CC=C2C2=CC2=C1. The average molecular weight is 140 g/mol. The number of hydrogen-bond donors (Lipinski definition) is 0. The van der Waals surface area contributed by atoms with Crippen molar-refractivity contribution < 1.29 is 0 Å². The quantitative estimate of drug-likeness (QED) is 0.485. The molecule has 1 unspecified atom stereocenters. The Kier molecular flexibility index (Phi) is 0.803. The molecule has 0 saturated carbocycles. The molecule has 0 fully saturated rings. The zero-order chi connectivity index (χ0) is 7.26. The lowest BCUT2D eigenvalue weighted by molar-refractivity contribution is 1.03. The van der Waals surface area contributed by atoms with Crippen molar-refractivity contribution in [3.8, 4) is 0 Å². The summed E-state index contributed by atoms with van der Waals surface area (Å²) in [6, 6.07) is 0. The number of fused-ring (bicyclic) bond motifs is 3. The summed E-state index contributed by atoms with van der Waals surface area (Å²) in [4.78, 5) is 0. The Labute approximate surface area is 65.9 Å². The molecule has 0 aromatic heterocycles. The highest BCUT2D eigenvalue weighted by molar-refractivity contribution is 5.72. The number of hydrogen-bond acceptors (Lipinski definition) is 0. The molecule has 0 heterocycles. The molecular formula is C11H8. The van der Waals surface area contributed by atoms with E-state index in [0.29, 0.717) is 5.92 Å². The predicted molar refractivity (Wildman–Crippen MR) is 46.0 cm³/mol. The van der Waals surface area contributed by atoms with Crippen LogP contribution in [0, 0.1) is 5.92 Å². The third-order valence-corrected chi connectivity index (χ3v) is 2.39. The van der Waals surface area contributed by atoms with E-state index in [2.05, 4.69) is 42.5 Å². The molecule has 0 N–H and O–H groups in total. The van der Waals surface area contributed by atoms with Gasteiger partial charge in [0.2, 0.25) is 0 Å². The van der Waals surface area contributed by atoms with Crippen LogP contribution in [0.15, 0.2) is 59.3 Å². The van der Waals surface area contributed by atoms with Crippen molar-refractivity contribution in [3.63, 3.8) is 0 Å². The molecule has 0 aliphatic heterocycles. The van der Waals surface area contributed by atoms with Crippen LogP contribution < -0.4 is 0 Å². The summed E-state index contributed by atoms with van der Waals surface area (Å²) in [6.07, 6.45) is 15.4. The van der Waals surface area contributed by atoms with Gasteiger partial charge in [0, 0.05) is 5.92 Å². The van der Waals surface area contributed by atoms with Crippen molar-refractivity contribution >= 4 is 0 Å². The second-order valence-electron chi connectivity index (χ2n) is 3.10. The molecule has 0 aromatic rings. The molecule has 0 bridgehead atoms. The van der Waals surface area contributed by atoms with Crippen molar-refractivity contribution in [1.29, 1.82) is 0 Å². The van der Waals surface area contributed by atoms with Crippen molar-refractivity contribution in [2.75, 3.05) is 0 Å². The molecule has 52 valence electrons. The van der Waals surface area contributed by atoms with Gasteiger partial charge in [-0.25, -0.2) is 0 Å². The highest BCUT2D eigenvalue weighted by atomic mass is 14.3. The van der Waals surface area contributed by atoms with Crippen molar-refractivity contribution in [2.45, 2.75) is 0 Å². The lowest BCUT2D eigenvalue weighted by Crippen LogP contribution is -1.90.